The summed E-state index contributed by atoms with van der Waals surface area (Å²) in [6.45, 7) is 0. The summed E-state index contributed by atoms with van der Waals surface area (Å²) in [6, 6.07) is 0. The fourth-order valence-electron chi connectivity index (χ4n) is 0.175. The van der Waals surface area contributed by atoms with Crippen molar-refractivity contribution in [1.82, 2.24) is 0 Å². The van der Waals surface area contributed by atoms with E-state index in [4.69, 9.17) is 0 Å². The van der Waals surface area contributed by atoms with Gasteiger partial charge < -0.3 is 0 Å². The predicted octanol–water partition coefficient (Wildman–Crippen LogP) is 2.68. The molecule has 0 unspecified atom stereocenters. The first kappa shape index (κ1) is 5.54. The Bertz CT molecular complexity index is 21.0. The molecule has 0 spiro atoms. The molecule has 1 heterocycles. The van der Waals surface area contributed by atoms with Crippen molar-refractivity contribution in [1.29, 1.82) is 0 Å². The molecule has 0 bridgehead atoms. The highest BCUT2D eigenvalue weighted by atomic mass is 33.7. The van der Waals surface area contributed by atoms with Crippen LogP contribution in [0.15, 0.2) is 0 Å². The van der Waals surface area contributed by atoms with Gasteiger partial charge in [0.25, 0.3) is 0 Å². The van der Waals surface area contributed by atoms with Crippen molar-refractivity contribution in [3.05, 3.63) is 0 Å². The molecule has 0 atom stereocenters. The third-order valence-corrected chi connectivity index (χ3v) is 7.10. The molecular formula is C2H4S4. The van der Waals surface area contributed by atoms with Gasteiger partial charge in [-0.15, -0.1) is 0 Å². The molecule has 0 N–H and O–H groups in total. The molecule has 4 heteroatoms. The van der Waals surface area contributed by atoms with Crippen LogP contribution in [0.25, 0.3) is 0 Å². The van der Waals surface area contributed by atoms with Crippen LogP contribution < -0.4 is 0 Å². The zero-order chi connectivity index (χ0) is 4.24. The molecule has 1 aliphatic rings. The van der Waals surface area contributed by atoms with Crippen LogP contribution in [-0.2, 0) is 0 Å². The monoisotopic (exact) mass is 156 g/mol. The van der Waals surface area contributed by atoms with E-state index in [2.05, 4.69) is 0 Å². The zero-order valence-electron chi connectivity index (χ0n) is 3.05. The summed E-state index contributed by atoms with van der Waals surface area (Å²) in [5, 5.41) is 0. The van der Waals surface area contributed by atoms with E-state index in [0.717, 1.165) is 0 Å². The molecule has 0 aromatic rings. The summed E-state index contributed by atoms with van der Waals surface area (Å²) in [6.07, 6.45) is 0. The normalized spacial score (nSPS) is 24.0. The highest BCUT2D eigenvalue weighted by Gasteiger charge is 1.98. The lowest BCUT2D eigenvalue weighted by Crippen LogP contribution is -1.78. The predicted molar refractivity (Wildman–Crippen MR) is 40.1 cm³/mol. The smallest absolute Gasteiger partial charge is 0.0145 e. The van der Waals surface area contributed by atoms with Gasteiger partial charge in [0.1, 0.15) is 0 Å². The van der Waals surface area contributed by atoms with Gasteiger partial charge in [-0.05, 0) is 19.7 Å². The van der Waals surface area contributed by atoms with Gasteiger partial charge in [-0.25, -0.2) is 0 Å². The SMILES string of the molecule is C1CSSSS1. The average Bonchev–Trinajstić information content (AvgIpc) is 1.72. The summed E-state index contributed by atoms with van der Waals surface area (Å²) in [5.41, 5.74) is 0. The summed E-state index contributed by atoms with van der Waals surface area (Å²) in [4.78, 5) is 0. The highest BCUT2D eigenvalue weighted by molar-refractivity contribution is 9.26. The summed E-state index contributed by atoms with van der Waals surface area (Å²) >= 11 is 0. The number of hydrogen-bond donors (Lipinski definition) is 0. The van der Waals surface area contributed by atoms with Crippen molar-refractivity contribution in [2.45, 2.75) is 0 Å². The maximum atomic E-state index is 1.95. The second kappa shape index (κ2) is 3.41. The lowest BCUT2D eigenvalue weighted by molar-refractivity contribution is 1.58. The van der Waals surface area contributed by atoms with E-state index in [0.29, 0.717) is 0 Å². The Morgan fingerprint density at radius 2 is 1.33 bits per heavy atom. The molecule has 0 aliphatic carbocycles. The average molecular weight is 156 g/mol. The molecule has 0 radical (unpaired) electrons. The molecule has 0 amide bonds. The maximum Gasteiger partial charge on any atom is 0.0145 e. The molecule has 0 aromatic carbocycles. The van der Waals surface area contributed by atoms with Crippen molar-refractivity contribution in [3.63, 3.8) is 0 Å². The van der Waals surface area contributed by atoms with Crippen LogP contribution in [0.4, 0.5) is 0 Å². The van der Waals surface area contributed by atoms with Crippen LogP contribution in [-0.4, -0.2) is 11.5 Å². The molecule has 0 nitrogen and oxygen atoms in total. The third kappa shape index (κ3) is 1.91. The van der Waals surface area contributed by atoms with E-state index in [-0.39, 0.29) is 0 Å². The second-order valence-electron chi connectivity index (χ2n) is 0.780. The van der Waals surface area contributed by atoms with Gasteiger partial charge in [0.05, 0.1) is 0 Å². The first-order valence-corrected chi connectivity index (χ1v) is 6.73. The van der Waals surface area contributed by atoms with Crippen molar-refractivity contribution in [2.75, 3.05) is 11.5 Å². The molecule has 1 fully saturated rings. The Morgan fingerprint density at radius 1 is 0.833 bits per heavy atom. The molecular weight excluding hydrogens is 152 g/mol. The van der Waals surface area contributed by atoms with E-state index in [9.17, 15) is 0 Å². The highest BCUT2D eigenvalue weighted by Crippen LogP contribution is 2.47. The Hall–Kier alpha value is 1.40. The Balaban J connectivity index is 2.00. The molecule has 1 rings (SSSR count). The van der Waals surface area contributed by atoms with Crippen LogP contribution in [0.1, 0.15) is 0 Å². The van der Waals surface area contributed by atoms with Crippen LogP contribution in [0.3, 0.4) is 0 Å². The number of hydrogen-bond acceptors (Lipinski definition) is 4. The fraction of sp³-hybridized carbons (Fsp3) is 1.00. The van der Waals surface area contributed by atoms with Gasteiger partial charge in [0, 0.05) is 11.5 Å². The van der Waals surface area contributed by atoms with E-state index in [1.165, 1.54) is 11.5 Å². The van der Waals surface area contributed by atoms with Crippen molar-refractivity contribution in [2.24, 2.45) is 0 Å². The summed E-state index contributed by atoms with van der Waals surface area (Å²) in [5.74, 6) is 2.64. The first-order chi connectivity index (χ1) is 3.00. The zero-order valence-corrected chi connectivity index (χ0v) is 6.31. The van der Waals surface area contributed by atoms with E-state index in [1.807, 2.05) is 41.2 Å². The quantitative estimate of drug-likeness (QED) is 0.494. The van der Waals surface area contributed by atoms with Crippen LogP contribution in [0.2, 0.25) is 0 Å². The molecule has 1 aliphatic heterocycles. The molecule has 6 heavy (non-hydrogen) atoms. The molecule has 0 saturated carbocycles. The largest absolute Gasteiger partial charge is 0.0808 e. The Labute approximate surface area is 52.8 Å². The minimum atomic E-state index is 1.32. The van der Waals surface area contributed by atoms with Crippen molar-refractivity contribution in [3.8, 4) is 0 Å². The fourth-order valence-corrected chi connectivity index (χ4v) is 6.86. The third-order valence-electron chi connectivity index (χ3n) is 0.374. The van der Waals surface area contributed by atoms with E-state index < -0.39 is 0 Å². The van der Waals surface area contributed by atoms with E-state index >= 15 is 0 Å². The second-order valence-corrected chi connectivity index (χ2v) is 7.02. The minimum Gasteiger partial charge on any atom is -0.0808 e. The van der Waals surface area contributed by atoms with Crippen LogP contribution >= 0.6 is 41.2 Å². The summed E-state index contributed by atoms with van der Waals surface area (Å²) in [7, 11) is 7.69. The summed E-state index contributed by atoms with van der Waals surface area (Å²) < 4.78 is 0. The van der Waals surface area contributed by atoms with Gasteiger partial charge >= 0.3 is 0 Å². The standard InChI is InChI=1S/C2H4S4/c1-2-4-6-5-3-1/h1-2H2. The topological polar surface area (TPSA) is 0 Å². The molecule has 36 valence electrons. The number of rotatable bonds is 0. The van der Waals surface area contributed by atoms with Gasteiger partial charge in [-0.3, -0.25) is 0 Å². The minimum absolute atomic E-state index is 1.32. The molecule has 1 saturated heterocycles. The first-order valence-electron chi connectivity index (χ1n) is 1.58. The van der Waals surface area contributed by atoms with Gasteiger partial charge in [0.15, 0.2) is 0 Å². The van der Waals surface area contributed by atoms with Crippen LogP contribution in [0, 0.1) is 0 Å². The Morgan fingerprint density at radius 3 is 1.50 bits per heavy atom. The van der Waals surface area contributed by atoms with Crippen molar-refractivity contribution < 1.29 is 0 Å². The van der Waals surface area contributed by atoms with Crippen LogP contribution in [0.5, 0.6) is 0 Å². The van der Waals surface area contributed by atoms with Gasteiger partial charge in [0.2, 0.25) is 0 Å². The Kier molecular flexibility index (Phi) is 3.14. The maximum absolute atomic E-state index is 1.95. The lowest BCUT2D eigenvalue weighted by Gasteiger charge is -2.03. The van der Waals surface area contributed by atoms with Crippen molar-refractivity contribution >= 4 is 41.2 Å². The lowest BCUT2D eigenvalue weighted by atomic mass is 11.0. The van der Waals surface area contributed by atoms with Gasteiger partial charge in [-0.2, -0.15) is 0 Å². The van der Waals surface area contributed by atoms with Gasteiger partial charge in [-0.1, -0.05) is 21.6 Å². The molecule has 0 aromatic heterocycles. The van der Waals surface area contributed by atoms with E-state index in [1.54, 1.807) is 0 Å².